The zero-order chi connectivity index (χ0) is 8.04. The molecule has 60 valence electrons. The number of alkyl halides is 3. The Morgan fingerprint density at radius 1 is 1.50 bits per heavy atom. The summed E-state index contributed by atoms with van der Waals surface area (Å²) < 4.78 is 34.1. The van der Waals surface area contributed by atoms with Gasteiger partial charge >= 0.3 is 6.18 Å². The second-order valence-electron chi connectivity index (χ2n) is 1.56. The molecule has 0 radical (unpaired) electrons. The topological polar surface area (TPSA) is 21.6 Å². The van der Waals surface area contributed by atoms with E-state index in [4.69, 9.17) is 0 Å². The van der Waals surface area contributed by atoms with E-state index in [1.165, 1.54) is 6.21 Å². The molecule has 0 fully saturated rings. The van der Waals surface area contributed by atoms with Gasteiger partial charge < -0.3 is 4.84 Å². The van der Waals surface area contributed by atoms with Gasteiger partial charge in [-0.05, 0) is 6.92 Å². The van der Waals surface area contributed by atoms with Crippen molar-refractivity contribution in [2.75, 3.05) is 6.61 Å². The number of hydrogen-bond donors (Lipinski definition) is 0. The van der Waals surface area contributed by atoms with Gasteiger partial charge in [-0.25, -0.2) is 0 Å². The third-order valence-corrected chi connectivity index (χ3v) is 0.657. The van der Waals surface area contributed by atoms with E-state index in [9.17, 15) is 13.2 Å². The third kappa shape index (κ3) is 7.26. The highest BCUT2D eigenvalue weighted by Crippen LogP contribution is 2.18. The molecule has 0 aromatic carbocycles. The van der Waals surface area contributed by atoms with Gasteiger partial charge in [-0.1, -0.05) is 5.16 Å². The first-order valence-corrected chi connectivity index (χ1v) is 2.73. The van der Waals surface area contributed by atoms with Gasteiger partial charge in [0.05, 0.1) is 6.42 Å². The van der Waals surface area contributed by atoms with Crippen molar-refractivity contribution in [1.82, 2.24) is 0 Å². The molecule has 0 amide bonds. The standard InChI is InChI=1S/C5H8F3NO/c1-2-9-10-4-3-5(6,7)8/h2H,3-4H2,1H3/b9-2+. The summed E-state index contributed by atoms with van der Waals surface area (Å²) >= 11 is 0. The van der Waals surface area contributed by atoms with Crippen molar-refractivity contribution >= 4 is 6.21 Å². The Hall–Kier alpha value is -0.740. The van der Waals surface area contributed by atoms with Gasteiger partial charge in [-0.15, -0.1) is 0 Å². The maximum absolute atomic E-state index is 11.4. The number of halogens is 3. The first-order valence-electron chi connectivity index (χ1n) is 2.73. The molecule has 0 aliphatic carbocycles. The molecule has 2 nitrogen and oxygen atoms in total. The first kappa shape index (κ1) is 9.26. The van der Waals surface area contributed by atoms with Gasteiger partial charge in [0.1, 0.15) is 6.61 Å². The molecule has 0 bridgehead atoms. The highest BCUT2D eigenvalue weighted by molar-refractivity contribution is 5.52. The minimum Gasteiger partial charge on any atom is -0.396 e. The first-order chi connectivity index (χ1) is 4.56. The molecule has 5 heteroatoms. The predicted molar refractivity (Wildman–Crippen MR) is 30.8 cm³/mol. The lowest BCUT2D eigenvalue weighted by atomic mass is 10.5. The Labute approximate surface area is 56.7 Å². The molecule has 0 aliphatic heterocycles. The second kappa shape index (κ2) is 4.14. The molecule has 0 aliphatic rings. The lowest BCUT2D eigenvalue weighted by Gasteiger charge is -2.03. The molecular weight excluding hydrogens is 147 g/mol. The smallest absolute Gasteiger partial charge is 0.392 e. The minimum absolute atomic E-state index is 0.409. The number of nitrogens with zero attached hydrogens (tertiary/aromatic N) is 1. The van der Waals surface area contributed by atoms with E-state index in [0.29, 0.717) is 0 Å². The zero-order valence-corrected chi connectivity index (χ0v) is 5.48. The van der Waals surface area contributed by atoms with Gasteiger partial charge in [0.2, 0.25) is 0 Å². The van der Waals surface area contributed by atoms with E-state index in [1.807, 2.05) is 0 Å². The van der Waals surface area contributed by atoms with E-state index in [1.54, 1.807) is 6.92 Å². The number of rotatable bonds is 3. The third-order valence-electron chi connectivity index (χ3n) is 0.657. The molecule has 0 N–H and O–H groups in total. The average Bonchev–Trinajstić information content (AvgIpc) is 1.78. The van der Waals surface area contributed by atoms with Crippen molar-refractivity contribution in [3.05, 3.63) is 0 Å². The predicted octanol–water partition coefficient (Wildman–Crippen LogP) is 1.96. The number of oxime groups is 1. The van der Waals surface area contributed by atoms with E-state index in [0.717, 1.165) is 0 Å². The lowest BCUT2D eigenvalue weighted by molar-refractivity contribution is -0.145. The maximum atomic E-state index is 11.4. The monoisotopic (exact) mass is 155 g/mol. The van der Waals surface area contributed by atoms with Crippen LogP contribution in [0.15, 0.2) is 5.16 Å². The van der Waals surface area contributed by atoms with Crippen molar-refractivity contribution in [1.29, 1.82) is 0 Å². The Kier molecular flexibility index (Phi) is 3.83. The quantitative estimate of drug-likeness (QED) is 0.347. The van der Waals surface area contributed by atoms with Crippen LogP contribution in [0.4, 0.5) is 13.2 Å². The van der Waals surface area contributed by atoms with Crippen LogP contribution in [-0.4, -0.2) is 19.0 Å². The Bertz CT molecular complexity index is 110. The molecule has 0 aromatic rings. The van der Waals surface area contributed by atoms with E-state index >= 15 is 0 Å². The summed E-state index contributed by atoms with van der Waals surface area (Å²) in [7, 11) is 0. The molecule has 0 unspecified atom stereocenters. The Balaban J connectivity index is 3.20. The highest BCUT2D eigenvalue weighted by atomic mass is 19.4. The van der Waals surface area contributed by atoms with Crippen LogP contribution in [-0.2, 0) is 4.84 Å². The molecule has 0 aromatic heterocycles. The molecule has 0 saturated carbocycles. The maximum Gasteiger partial charge on any atom is 0.392 e. The van der Waals surface area contributed by atoms with Gasteiger partial charge in [0.15, 0.2) is 0 Å². The van der Waals surface area contributed by atoms with Crippen LogP contribution in [0.1, 0.15) is 13.3 Å². The molecule has 0 saturated heterocycles. The fraction of sp³-hybridized carbons (Fsp3) is 0.800. The van der Waals surface area contributed by atoms with Gasteiger partial charge in [-0.3, -0.25) is 0 Å². The molecule has 0 heterocycles. The minimum atomic E-state index is -4.15. The van der Waals surface area contributed by atoms with Crippen LogP contribution in [0, 0.1) is 0 Å². The Morgan fingerprint density at radius 3 is 2.50 bits per heavy atom. The van der Waals surface area contributed by atoms with Gasteiger partial charge in [0.25, 0.3) is 0 Å². The molecule has 10 heavy (non-hydrogen) atoms. The SMILES string of the molecule is C/C=N/OCCC(F)(F)F. The van der Waals surface area contributed by atoms with Crippen molar-refractivity contribution in [2.45, 2.75) is 19.5 Å². The highest BCUT2D eigenvalue weighted by Gasteiger charge is 2.26. The van der Waals surface area contributed by atoms with Crippen molar-refractivity contribution < 1.29 is 18.0 Å². The molecule has 0 atom stereocenters. The number of hydrogen-bond acceptors (Lipinski definition) is 2. The summed E-state index contributed by atoms with van der Waals surface area (Å²) in [5, 5.41) is 3.15. The van der Waals surface area contributed by atoms with Crippen molar-refractivity contribution in [3.8, 4) is 0 Å². The van der Waals surface area contributed by atoms with Crippen LogP contribution < -0.4 is 0 Å². The van der Waals surface area contributed by atoms with Crippen LogP contribution in [0.5, 0.6) is 0 Å². The molecule has 0 rings (SSSR count). The summed E-state index contributed by atoms with van der Waals surface area (Å²) in [5.41, 5.74) is 0. The van der Waals surface area contributed by atoms with E-state index in [2.05, 4.69) is 9.99 Å². The fourth-order valence-electron chi connectivity index (χ4n) is 0.289. The summed E-state index contributed by atoms with van der Waals surface area (Å²) in [6.07, 6.45) is -3.82. The summed E-state index contributed by atoms with van der Waals surface area (Å²) in [4.78, 5) is 4.21. The summed E-state index contributed by atoms with van der Waals surface area (Å²) in [5.74, 6) is 0. The normalized spacial score (nSPS) is 12.4. The summed E-state index contributed by atoms with van der Waals surface area (Å²) in [6.45, 7) is 1.15. The Morgan fingerprint density at radius 2 is 2.10 bits per heavy atom. The lowest BCUT2D eigenvalue weighted by Crippen LogP contribution is -2.10. The van der Waals surface area contributed by atoms with Gasteiger partial charge in [0, 0.05) is 6.21 Å². The van der Waals surface area contributed by atoms with Crippen LogP contribution in [0.25, 0.3) is 0 Å². The van der Waals surface area contributed by atoms with E-state index < -0.39 is 19.2 Å². The fourth-order valence-corrected chi connectivity index (χ4v) is 0.289. The van der Waals surface area contributed by atoms with Crippen LogP contribution in [0.2, 0.25) is 0 Å². The molecule has 0 spiro atoms. The summed E-state index contributed by atoms with van der Waals surface area (Å²) in [6, 6.07) is 0. The van der Waals surface area contributed by atoms with Gasteiger partial charge in [-0.2, -0.15) is 13.2 Å². The largest absolute Gasteiger partial charge is 0.396 e. The second-order valence-corrected chi connectivity index (χ2v) is 1.56. The average molecular weight is 155 g/mol. The van der Waals surface area contributed by atoms with E-state index in [-0.39, 0.29) is 0 Å². The van der Waals surface area contributed by atoms with Crippen LogP contribution in [0.3, 0.4) is 0 Å². The molecular formula is C5H8F3NO. The van der Waals surface area contributed by atoms with Crippen LogP contribution >= 0.6 is 0 Å². The van der Waals surface area contributed by atoms with Crippen molar-refractivity contribution in [2.24, 2.45) is 5.16 Å². The van der Waals surface area contributed by atoms with Crippen molar-refractivity contribution in [3.63, 3.8) is 0 Å². The zero-order valence-electron chi connectivity index (χ0n) is 5.48.